The van der Waals surface area contributed by atoms with Crippen LogP contribution in [0.4, 0.5) is 4.39 Å². The molecular formula is C12H18FN5. The van der Waals surface area contributed by atoms with Gasteiger partial charge in [-0.1, -0.05) is 12.1 Å². The zero-order chi connectivity index (χ0) is 13.5. The molecule has 0 aromatic heterocycles. The molecule has 0 aliphatic carbocycles. The highest BCUT2D eigenvalue weighted by Crippen LogP contribution is 2.03. The van der Waals surface area contributed by atoms with E-state index in [2.05, 4.69) is 9.98 Å². The summed E-state index contributed by atoms with van der Waals surface area (Å²) in [6.07, 6.45) is 0.679. The van der Waals surface area contributed by atoms with Gasteiger partial charge in [-0.05, 0) is 24.1 Å². The van der Waals surface area contributed by atoms with Crippen LogP contribution in [-0.2, 0) is 6.42 Å². The lowest BCUT2D eigenvalue weighted by Crippen LogP contribution is -2.32. The van der Waals surface area contributed by atoms with Gasteiger partial charge in [0.05, 0.1) is 0 Å². The van der Waals surface area contributed by atoms with Crippen molar-refractivity contribution in [3.63, 3.8) is 0 Å². The van der Waals surface area contributed by atoms with Crippen LogP contribution in [0.5, 0.6) is 0 Å². The Kier molecular flexibility index (Phi) is 5.10. The van der Waals surface area contributed by atoms with Gasteiger partial charge < -0.3 is 16.4 Å². The molecule has 0 amide bonds. The largest absolute Gasteiger partial charge is 0.369 e. The van der Waals surface area contributed by atoms with Crippen LogP contribution in [0.3, 0.4) is 0 Å². The third kappa shape index (κ3) is 4.82. The summed E-state index contributed by atoms with van der Waals surface area (Å²) in [5.74, 6) is 0.200. The van der Waals surface area contributed by atoms with Crippen molar-refractivity contribution >= 4 is 11.9 Å². The Morgan fingerprint density at radius 3 is 2.39 bits per heavy atom. The van der Waals surface area contributed by atoms with Crippen molar-refractivity contribution in [3.8, 4) is 0 Å². The lowest BCUT2D eigenvalue weighted by Gasteiger charge is -2.09. The first-order valence-corrected chi connectivity index (χ1v) is 5.55. The molecule has 6 heteroatoms. The highest BCUT2D eigenvalue weighted by atomic mass is 19.1. The van der Waals surface area contributed by atoms with Crippen molar-refractivity contribution in [3.05, 3.63) is 35.6 Å². The van der Waals surface area contributed by atoms with Crippen LogP contribution < -0.4 is 11.5 Å². The van der Waals surface area contributed by atoms with E-state index in [4.69, 9.17) is 11.5 Å². The number of halogens is 1. The molecule has 0 radical (unpaired) electrons. The molecule has 1 aromatic rings. The number of guanidine groups is 2. The minimum Gasteiger partial charge on any atom is -0.369 e. The van der Waals surface area contributed by atoms with E-state index >= 15 is 0 Å². The molecular weight excluding hydrogens is 233 g/mol. The summed E-state index contributed by atoms with van der Waals surface area (Å²) in [5, 5.41) is 0. The highest BCUT2D eigenvalue weighted by molar-refractivity contribution is 5.93. The Morgan fingerprint density at radius 1 is 1.22 bits per heavy atom. The maximum absolute atomic E-state index is 12.7. The van der Waals surface area contributed by atoms with E-state index in [1.807, 2.05) is 0 Å². The van der Waals surface area contributed by atoms with Crippen LogP contribution in [0.15, 0.2) is 34.3 Å². The summed E-state index contributed by atoms with van der Waals surface area (Å²) in [5.41, 5.74) is 12.2. The average molecular weight is 251 g/mol. The minimum atomic E-state index is -0.245. The van der Waals surface area contributed by atoms with Crippen LogP contribution in [0.2, 0.25) is 0 Å². The van der Waals surface area contributed by atoms with E-state index in [-0.39, 0.29) is 11.8 Å². The van der Waals surface area contributed by atoms with Crippen LogP contribution >= 0.6 is 0 Å². The Labute approximate surface area is 106 Å². The topological polar surface area (TPSA) is 80.0 Å². The van der Waals surface area contributed by atoms with Crippen molar-refractivity contribution < 1.29 is 4.39 Å². The van der Waals surface area contributed by atoms with Crippen molar-refractivity contribution in [2.75, 3.05) is 20.6 Å². The summed E-state index contributed by atoms with van der Waals surface area (Å²) in [4.78, 5) is 9.62. The molecule has 0 atom stereocenters. The first kappa shape index (κ1) is 14.0. The molecule has 5 nitrogen and oxygen atoms in total. The van der Waals surface area contributed by atoms with Crippen LogP contribution in [0.1, 0.15) is 5.56 Å². The summed E-state index contributed by atoms with van der Waals surface area (Å²) < 4.78 is 12.7. The van der Waals surface area contributed by atoms with E-state index in [9.17, 15) is 4.39 Å². The second-order valence-electron chi connectivity index (χ2n) is 3.98. The monoisotopic (exact) mass is 251 g/mol. The number of hydrogen-bond donors (Lipinski definition) is 2. The number of hydrogen-bond acceptors (Lipinski definition) is 1. The van der Waals surface area contributed by atoms with Gasteiger partial charge in [0.1, 0.15) is 5.82 Å². The third-order valence-electron chi connectivity index (χ3n) is 2.27. The quantitative estimate of drug-likeness (QED) is 0.608. The molecule has 1 aromatic carbocycles. The van der Waals surface area contributed by atoms with Gasteiger partial charge in [-0.2, -0.15) is 4.99 Å². The maximum atomic E-state index is 12.7. The smallest absolute Gasteiger partial charge is 0.218 e. The molecule has 0 saturated carbocycles. The fourth-order valence-corrected chi connectivity index (χ4v) is 1.20. The Morgan fingerprint density at radius 2 is 1.83 bits per heavy atom. The molecule has 1 rings (SSSR count). The van der Waals surface area contributed by atoms with E-state index in [1.165, 1.54) is 12.1 Å². The van der Waals surface area contributed by atoms with Gasteiger partial charge in [0.2, 0.25) is 5.96 Å². The minimum absolute atomic E-state index is 0.142. The predicted octanol–water partition coefficient (Wildman–Crippen LogP) is 0.559. The fourth-order valence-electron chi connectivity index (χ4n) is 1.20. The van der Waals surface area contributed by atoms with Gasteiger partial charge in [-0.25, -0.2) is 4.39 Å². The molecule has 98 valence electrons. The summed E-state index contributed by atoms with van der Waals surface area (Å²) in [7, 11) is 3.54. The molecule has 18 heavy (non-hydrogen) atoms. The SMILES string of the molecule is CN(C)/C(N)=N/C(N)=NCCc1ccc(F)cc1. The lowest BCUT2D eigenvalue weighted by molar-refractivity contribution is 0.615. The number of nitrogens with two attached hydrogens (primary N) is 2. The fraction of sp³-hybridized carbons (Fsp3) is 0.333. The lowest BCUT2D eigenvalue weighted by atomic mass is 10.1. The van der Waals surface area contributed by atoms with Gasteiger partial charge in [0.15, 0.2) is 5.96 Å². The van der Waals surface area contributed by atoms with Gasteiger partial charge in [0, 0.05) is 20.6 Å². The zero-order valence-corrected chi connectivity index (χ0v) is 10.6. The highest BCUT2D eigenvalue weighted by Gasteiger charge is 1.97. The molecule has 0 aliphatic rings. The van der Waals surface area contributed by atoms with Crippen molar-refractivity contribution in [1.82, 2.24) is 4.90 Å². The van der Waals surface area contributed by atoms with E-state index < -0.39 is 0 Å². The Hall–Kier alpha value is -2.11. The first-order valence-electron chi connectivity index (χ1n) is 5.55. The van der Waals surface area contributed by atoms with E-state index in [0.29, 0.717) is 18.9 Å². The van der Waals surface area contributed by atoms with Gasteiger partial charge >= 0.3 is 0 Å². The standard InChI is InChI=1S/C12H18FN5/c1-18(2)12(15)17-11(14)16-8-7-9-3-5-10(13)6-4-9/h3-6H,7-8H2,1-2H3,(H4,14,15,16,17). The van der Waals surface area contributed by atoms with E-state index in [0.717, 1.165) is 5.56 Å². The van der Waals surface area contributed by atoms with Gasteiger partial charge in [-0.15, -0.1) is 0 Å². The van der Waals surface area contributed by atoms with Gasteiger partial charge in [-0.3, -0.25) is 4.99 Å². The third-order valence-corrected chi connectivity index (χ3v) is 2.27. The van der Waals surface area contributed by atoms with Gasteiger partial charge in [0.25, 0.3) is 0 Å². The van der Waals surface area contributed by atoms with Crippen molar-refractivity contribution in [2.45, 2.75) is 6.42 Å². The number of aliphatic imine (C=N–C) groups is 2. The first-order chi connectivity index (χ1) is 8.49. The second kappa shape index (κ2) is 6.58. The molecule has 0 bridgehead atoms. The maximum Gasteiger partial charge on any atom is 0.218 e. The normalized spacial score (nSPS) is 12.6. The number of benzene rings is 1. The van der Waals surface area contributed by atoms with Crippen LogP contribution in [-0.4, -0.2) is 37.5 Å². The number of rotatable bonds is 3. The Bertz CT molecular complexity index is 436. The summed E-state index contributed by atoms with van der Waals surface area (Å²) in [6.45, 7) is 0.488. The summed E-state index contributed by atoms with van der Waals surface area (Å²) >= 11 is 0. The average Bonchev–Trinajstić information content (AvgIpc) is 2.31. The second-order valence-corrected chi connectivity index (χ2v) is 3.98. The molecule has 4 N–H and O–H groups in total. The predicted molar refractivity (Wildman–Crippen MR) is 71.9 cm³/mol. The molecule has 0 fully saturated rings. The Balaban J connectivity index is 2.49. The molecule has 0 saturated heterocycles. The molecule has 0 heterocycles. The zero-order valence-electron chi connectivity index (χ0n) is 10.6. The number of nitrogens with zero attached hydrogens (tertiary/aromatic N) is 3. The molecule has 0 aliphatic heterocycles. The molecule has 0 unspecified atom stereocenters. The van der Waals surface area contributed by atoms with Crippen molar-refractivity contribution in [2.24, 2.45) is 21.5 Å². The summed E-state index contributed by atoms with van der Waals surface area (Å²) in [6, 6.07) is 6.28. The molecule has 0 spiro atoms. The van der Waals surface area contributed by atoms with E-state index in [1.54, 1.807) is 31.1 Å². The van der Waals surface area contributed by atoms with Crippen LogP contribution in [0, 0.1) is 5.82 Å². The van der Waals surface area contributed by atoms with Crippen LogP contribution in [0.25, 0.3) is 0 Å². The van der Waals surface area contributed by atoms with Crippen molar-refractivity contribution in [1.29, 1.82) is 0 Å².